The van der Waals surface area contributed by atoms with Gasteiger partial charge < -0.3 is 10.1 Å². The summed E-state index contributed by atoms with van der Waals surface area (Å²) in [5, 5.41) is 2.94. The first-order valence-corrected chi connectivity index (χ1v) is 6.43. The zero-order valence-electron chi connectivity index (χ0n) is 11.7. The van der Waals surface area contributed by atoms with E-state index in [0.29, 0.717) is 12.3 Å². The molecule has 1 aromatic carbocycles. The third kappa shape index (κ3) is 4.78. The van der Waals surface area contributed by atoms with E-state index in [1.54, 1.807) is 7.11 Å². The van der Waals surface area contributed by atoms with Gasteiger partial charge in [-0.05, 0) is 25.3 Å². The van der Waals surface area contributed by atoms with Crippen molar-refractivity contribution in [1.29, 1.82) is 0 Å². The van der Waals surface area contributed by atoms with E-state index in [-0.39, 0.29) is 5.91 Å². The standard InChI is InChI=1S/C15H23NO2/c1-11(2)7-8-16-15(17)10-13-9-12(3)5-6-14(13)18-4/h5-6,9,11H,7-8,10H2,1-4H3,(H,16,17). The van der Waals surface area contributed by atoms with E-state index in [2.05, 4.69) is 19.2 Å². The number of hydrogen-bond donors (Lipinski definition) is 1. The highest BCUT2D eigenvalue weighted by Gasteiger charge is 2.08. The maximum absolute atomic E-state index is 11.8. The molecule has 1 N–H and O–H groups in total. The Bertz CT molecular complexity index is 399. The number of carbonyl (C=O) groups is 1. The van der Waals surface area contributed by atoms with Gasteiger partial charge in [0.2, 0.25) is 5.91 Å². The number of benzene rings is 1. The predicted molar refractivity (Wildman–Crippen MR) is 73.9 cm³/mol. The molecule has 0 aromatic heterocycles. The topological polar surface area (TPSA) is 38.3 Å². The summed E-state index contributed by atoms with van der Waals surface area (Å²) < 4.78 is 5.26. The van der Waals surface area contributed by atoms with Crippen LogP contribution in [-0.2, 0) is 11.2 Å². The summed E-state index contributed by atoms with van der Waals surface area (Å²) in [6.07, 6.45) is 1.39. The van der Waals surface area contributed by atoms with E-state index in [1.165, 1.54) is 0 Å². The van der Waals surface area contributed by atoms with Crippen LogP contribution in [0.1, 0.15) is 31.4 Å². The molecule has 0 saturated heterocycles. The SMILES string of the molecule is COc1ccc(C)cc1CC(=O)NCCC(C)C. The van der Waals surface area contributed by atoms with Gasteiger partial charge in [0, 0.05) is 12.1 Å². The molecule has 1 amide bonds. The number of carbonyl (C=O) groups excluding carboxylic acids is 1. The van der Waals surface area contributed by atoms with Gasteiger partial charge in [-0.1, -0.05) is 31.5 Å². The van der Waals surface area contributed by atoms with Gasteiger partial charge in [0.05, 0.1) is 13.5 Å². The second-order valence-electron chi connectivity index (χ2n) is 5.02. The average molecular weight is 249 g/mol. The highest BCUT2D eigenvalue weighted by molar-refractivity contribution is 5.79. The summed E-state index contributed by atoms with van der Waals surface area (Å²) in [7, 11) is 1.63. The zero-order chi connectivity index (χ0) is 13.5. The first-order chi connectivity index (χ1) is 8.52. The molecular weight excluding hydrogens is 226 g/mol. The van der Waals surface area contributed by atoms with Crippen molar-refractivity contribution in [3.63, 3.8) is 0 Å². The first-order valence-electron chi connectivity index (χ1n) is 6.43. The van der Waals surface area contributed by atoms with Crippen LogP contribution in [0, 0.1) is 12.8 Å². The number of hydrogen-bond acceptors (Lipinski definition) is 2. The third-order valence-corrected chi connectivity index (χ3v) is 2.83. The Labute approximate surface area is 110 Å². The van der Waals surface area contributed by atoms with Gasteiger partial charge >= 0.3 is 0 Å². The van der Waals surface area contributed by atoms with Crippen LogP contribution in [-0.4, -0.2) is 19.6 Å². The lowest BCUT2D eigenvalue weighted by Crippen LogP contribution is -2.27. The zero-order valence-corrected chi connectivity index (χ0v) is 11.7. The highest BCUT2D eigenvalue weighted by Crippen LogP contribution is 2.20. The Hall–Kier alpha value is -1.51. The number of ether oxygens (including phenoxy) is 1. The number of aryl methyl sites for hydroxylation is 1. The van der Waals surface area contributed by atoms with Gasteiger partial charge in [0.15, 0.2) is 0 Å². The van der Waals surface area contributed by atoms with Crippen LogP contribution >= 0.6 is 0 Å². The Balaban J connectivity index is 2.55. The van der Waals surface area contributed by atoms with Crippen molar-refractivity contribution in [2.45, 2.75) is 33.6 Å². The molecule has 0 fully saturated rings. The molecule has 0 saturated carbocycles. The molecule has 0 radical (unpaired) electrons. The molecule has 0 aliphatic carbocycles. The summed E-state index contributed by atoms with van der Waals surface area (Å²) in [6, 6.07) is 5.89. The van der Waals surface area contributed by atoms with Crippen LogP contribution in [0.5, 0.6) is 5.75 Å². The van der Waals surface area contributed by atoms with E-state index in [0.717, 1.165) is 29.8 Å². The fourth-order valence-corrected chi connectivity index (χ4v) is 1.78. The van der Waals surface area contributed by atoms with Gasteiger partial charge in [0.1, 0.15) is 5.75 Å². The van der Waals surface area contributed by atoms with E-state index >= 15 is 0 Å². The van der Waals surface area contributed by atoms with Gasteiger partial charge in [-0.15, -0.1) is 0 Å². The Kier molecular flexibility index (Phi) is 5.69. The van der Waals surface area contributed by atoms with Crippen molar-refractivity contribution in [1.82, 2.24) is 5.32 Å². The quantitative estimate of drug-likeness (QED) is 0.842. The smallest absolute Gasteiger partial charge is 0.224 e. The molecule has 1 rings (SSSR count). The first kappa shape index (κ1) is 14.6. The Morgan fingerprint density at radius 2 is 2.11 bits per heavy atom. The van der Waals surface area contributed by atoms with Gasteiger partial charge in [0.25, 0.3) is 0 Å². The molecule has 0 heterocycles. The van der Waals surface area contributed by atoms with Crippen molar-refractivity contribution in [2.75, 3.05) is 13.7 Å². The summed E-state index contributed by atoms with van der Waals surface area (Å²) in [4.78, 5) is 11.8. The van der Waals surface area contributed by atoms with Crippen LogP contribution in [0.25, 0.3) is 0 Å². The van der Waals surface area contributed by atoms with Crippen LogP contribution in [0.4, 0.5) is 0 Å². The fourth-order valence-electron chi connectivity index (χ4n) is 1.78. The van der Waals surface area contributed by atoms with Crippen molar-refractivity contribution in [3.8, 4) is 5.75 Å². The Morgan fingerprint density at radius 3 is 2.72 bits per heavy atom. The molecule has 0 aliphatic heterocycles. The summed E-state index contributed by atoms with van der Waals surface area (Å²) in [6.45, 7) is 7.05. The second kappa shape index (κ2) is 7.04. The molecule has 0 spiro atoms. The van der Waals surface area contributed by atoms with Crippen molar-refractivity contribution >= 4 is 5.91 Å². The lowest BCUT2D eigenvalue weighted by atomic mass is 10.1. The number of nitrogens with one attached hydrogen (secondary N) is 1. The lowest BCUT2D eigenvalue weighted by Gasteiger charge is -2.10. The minimum atomic E-state index is 0.0551. The minimum Gasteiger partial charge on any atom is -0.496 e. The Morgan fingerprint density at radius 1 is 1.39 bits per heavy atom. The fraction of sp³-hybridized carbons (Fsp3) is 0.533. The molecular formula is C15H23NO2. The van der Waals surface area contributed by atoms with Gasteiger partial charge in [-0.2, -0.15) is 0 Å². The number of rotatable bonds is 6. The van der Waals surface area contributed by atoms with Gasteiger partial charge in [-0.3, -0.25) is 4.79 Å². The van der Waals surface area contributed by atoms with E-state index < -0.39 is 0 Å². The van der Waals surface area contributed by atoms with Crippen LogP contribution in [0.2, 0.25) is 0 Å². The van der Waals surface area contributed by atoms with E-state index in [4.69, 9.17) is 4.74 Å². The molecule has 0 atom stereocenters. The largest absolute Gasteiger partial charge is 0.496 e. The molecule has 18 heavy (non-hydrogen) atoms. The predicted octanol–water partition coefficient (Wildman–Crippen LogP) is 2.71. The third-order valence-electron chi connectivity index (χ3n) is 2.83. The molecule has 0 bridgehead atoms. The van der Waals surface area contributed by atoms with Crippen molar-refractivity contribution < 1.29 is 9.53 Å². The maximum atomic E-state index is 11.8. The van der Waals surface area contributed by atoms with Gasteiger partial charge in [-0.25, -0.2) is 0 Å². The molecule has 100 valence electrons. The van der Waals surface area contributed by atoms with Crippen LogP contribution in [0.15, 0.2) is 18.2 Å². The molecule has 0 unspecified atom stereocenters. The normalized spacial score (nSPS) is 10.5. The van der Waals surface area contributed by atoms with Crippen LogP contribution < -0.4 is 10.1 Å². The summed E-state index contributed by atoms with van der Waals surface area (Å²) in [5.41, 5.74) is 2.08. The second-order valence-corrected chi connectivity index (χ2v) is 5.02. The number of amides is 1. The maximum Gasteiger partial charge on any atom is 0.224 e. The highest BCUT2D eigenvalue weighted by atomic mass is 16.5. The van der Waals surface area contributed by atoms with E-state index in [9.17, 15) is 4.79 Å². The molecule has 3 heteroatoms. The van der Waals surface area contributed by atoms with Crippen LogP contribution in [0.3, 0.4) is 0 Å². The monoisotopic (exact) mass is 249 g/mol. The summed E-state index contributed by atoms with van der Waals surface area (Å²) in [5.74, 6) is 1.44. The molecule has 1 aromatic rings. The molecule has 0 aliphatic rings. The van der Waals surface area contributed by atoms with Crippen molar-refractivity contribution in [2.24, 2.45) is 5.92 Å². The lowest BCUT2D eigenvalue weighted by molar-refractivity contribution is -0.120. The summed E-state index contributed by atoms with van der Waals surface area (Å²) >= 11 is 0. The number of methoxy groups -OCH3 is 1. The minimum absolute atomic E-state index is 0.0551. The average Bonchev–Trinajstić information content (AvgIpc) is 2.28. The van der Waals surface area contributed by atoms with Crippen molar-refractivity contribution in [3.05, 3.63) is 29.3 Å². The van der Waals surface area contributed by atoms with E-state index in [1.807, 2.05) is 25.1 Å². The molecule has 3 nitrogen and oxygen atoms in total.